The van der Waals surface area contributed by atoms with Gasteiger partial charge in [0.15, 0.2) is 0 Å². The van der Waals surface area contributed by atoms with Gasteiger partial charge in [0, 0.05) is 35.3 Å². The van der Waals surface area contributed by atoms with Crippen LogP contribution in [0.2, 0.25) is 5.02 Å². The summed E-state index contributed by atoms with van der Waals surface area (Å²) in [5, 5.41) is 3.49. The molecule has 0 aliphatic carbocycles. The maximum Gasteiger partial charge on any atom is 0.253 e. The standard InChI is InChI=1S/C19H18ClFN2O2/c20-15-5-1-3-13(11-15)18(24)22-17-7-9-23(10-8-17)19(25)14-4-2-6-16(21)12-14/h1-6,11-12,17H,7-10H2,(H,22,24). The first-order chi connectivity index (χ1) is 12.0. The number of piperidine rings is 1. The Labute approximate surface area is 150 Å². The molecule has 0 saturated carbocycles. The van der Waals surface area contributed by atoms with Gasteiger partial charge in [-0.2, -0.15) is 0 Å². The molecular weight excluding hydrogens is 343 g/mol. The van der Waals surface area contributed by atoms with Crippen molar-refractivity contribution in [1.82, 2.24) is 10.2 Å². The van der Waals surface area contributed by atoms with Crippen molar-refractivity contribution in [3.63, 3.8) is 0 Å². The number of halogens is 2. The topological polar surface area (TPSA) is 49.4 Å². The molecule has 1 saturated heterocycles. The summed E-state index contributed by atoms with van der Waals surface area (Å²) in [7, 11) is 0. The number of nitrogens with zero attached hydrogens (tertiary/aromatic N) is 1. The minimum absolute atomic E-state index is 0.00282. The number of amides is 2. The number of hydrogen-bond donors (Lipinski definition) is 1. The van der Waals surface area contributed by atoms with E-state index in [9.17, 15) is 14.0 Å². The van der Waals surface area contributed by atoms with Crippen LogP contribution >= 0.6 is 11.6 Å². The number of likely N-dealkylation sites (tertiary alicyclic amines) is 1. The molecule has 3 rings (SSSR count). The van der Waals surface area contributed by atoms with Gasteiger partial charge in [0.25, 0.3) is 11.8 Å². The van der Waals surface area contributed by atoms with Crippen molar-refractivity contribution < 1.29 is 14.0 Å². The van der Waals surface area contributed by atoms with Crippen molar-refractivity contribution in [3.05, 3.63) is 70.5 Å². The molecule has 1 N–H and O–H groups in total. The van der Waals surface area contributed by atoms with E-state index in [0.29, 0.717) is 42.1 Å². The lowest BCUT2D eigenvalue weighted by atomic mass is 10.0. The highest BCUT2D eigenvalue weighted by molar-refractivity contribution is 6.30. The maximum absolute atomic E-state index is 13.3. The van der Waals surface area contributed by atoms with Crippen LogP contribution in [0, 0.1) is 5.82 Å². The highest BCUT2D eigenvalue weighted by atomic mass is 35.5. The Balaban J connectivity index is 1.55. The zero-order valence-corrected chi connectivity index (χ0v) is 14.3. The molecule has 6 heteroatoms. The summed E-state index contributed by atoms with van der Waals surface area (Å²) in [5.74, 6) is -0.772. The summed E-state index contributed by atoms with van der Waals surface area (Å²) in [6.45, 7) is 1.05. The van der Waals surface area contributed by atoms with E-state index in [1.165, 1.54) is 18.2 Å². The summed E-state index contributed by atoms with van der Waals surface area (Å²) in [6, 6.07) is 12.5. The van der Waals surface area contributed by atoms with E-state index in [1.807, 2.05) is 0 Å². The van der Waals surface area contributed by atoms with Crippen LogP contribution in [-0.2, 0) is 0 Å². The number of carbonyl (C=O) groups excluding carboxylic acids is 2. The zero-order chi connectivity index (χ0) is 17.8. The van der Waals surface area contributed by atoms with Gasteiger partial charge in [-0.1, -0.05) is 23.7 Å². The molecule has 0 spiro atoms. The fourth-order valence-corrected chi connectivity index (χ4v) is 3.12. The molecule has 130 valence electrons. The molecule has 2 aromatic rings. The summed E-state index contributed by atoms with van der Waals surface area (Å²) in [5.41, 5.74) is 0.868. The summed E-state index contributed by atoms with van der Waals surface area (Å²) in [6.07, 6.45) is 1.32. The number of hydrogen-bond acceptors (Lipinski definition) is 2. The molecule has 25 heavy (non-hydrogen) atoms. The predicted molar refractivity (Wildman–Crippen MR) is 94.2 cm³/mol. The van der Waals surface area contributed by atoms with E-state index in [4.69, 9.17) is 11.6 Å². The number of benzene rings is 2. The largest absolute Gasteiger partial charge is 0.349 e. The maximum atomic E-state index is 13.3. The fourth-order valence-electron chi connectivity index (χ4n) is 2.93. The Morgan fingerprint density at radius 2 is 1.72 bits per heavy atom. The molecule has 0 bridgehead atoms. The van der Waals surface area contributed by atoms with Gasteiger partial charge in [-0.15, -0.1) is 0 Å². The summed E-state index contributed by atoms with van der Waals surface area (Å²) in [4.78, 5) is 26.3. The SMILES string of the molecule is O=C(NC1CCN(C(=O)c2cccc(F)c2)CC1)c1cccc(Cl)c1. The number of nitrogens with one attached hydrogen (secondary N) is 1. The average molecular weight is 361 g/mol. The predicted octanol–water partition coefficient (Wildman–Crippen LogP) is 3.51. The Hall–Kier alpha value is -2.40. The van der Waals surface area contributed by atoms with Crippen LogP contribution in [0.25, 0.3) is 0 Å². The molecule has 0 atom stereocenters. The van der Waals surface area contributed by atoms with Crippen molar-refractivity contribution in [2.45, 2.75) is 18.9 Å². The molecule has 1 heterocycles. The summed E-state index contributed by atoms with van der Waals surface area (Å²) >= 11 is 5.90. The second kappa shape index (κ2) is 7.66. The van der Waals surface area contributed by atoms with Gasteiger partial charge in [-0.3, -0.25) is 9.59 Å². The van der Waals surface area contributed by atoms with E-state index in [-0.39, 0.29) is 17.9 Å². The highest BCUT2D eigenvalue weighted by Gasteiger charge is 2.25. The first-order valence-electron chi connectivity index (χ1n) is 8.14. The van der Waals surface area contributed by atoms with Crippen LogP contribution in [0.1, 0.15) is 33.6 Å². The normalized spacial score (nSPS) is 15.0. The first-order valence-corrected chi connectivity index (χ1v) is 8.52. The fraction of sp³-hybridized carbons (Fsp3) is 0.263. The lowest BCUT2D eigenvalue weighted by Gasteiger charge is -2.32. The molecule has 4 nitrogen and oxygen atoms in total. The minimum Gasteiger partial charge on any atom is -0.349 e. The van der Waals surface area contributed by atoms with Crippen molar-refractivity contribution in [3.8, 4) is 0 Å². The van der Waals surface area contributed by atoms with Gasteiger partial charge in [-0.25, -0.2) is 4.39 Å². The molecule has 0 aromatic heterocycles. The lowest BCUT2D eigenvalue weighted by molar-refractivity contribution is 0.0697. The van der Waals surface area contributed by atoms with Crippen LogP contribution in [0.4, 0.5) is 4.39 Å². The molecule has 0 radical (unpaired) electrons. The van der Waals surface area contributed by atoms with E-state index >= 15 is 0 Å². The van der Waals surface area contributed by atoms with Crippen molar-refractivity contribution in [2.24, 2.45) is 0 Å². The van der Waals surface area contributed by atoms with E-state index < -0.39 is 5.82 Å². The van der Waals surface area contributed by atoms with Gasteiger partial charge in [-0.05, 0) is 49.2 Å². The lowest BCUT2D eigenvalue weighted by Crippen LogP contribution is -2.46. The molecular formula is C19H18ClFN2O2. The molecule has 2 amide bonds. The van der Waals surface area contributed by atoms with E-state index in [0.717, 1.165) is 0 Å². The third kappa shape index (κ3) is 4.37. The number of carbonyl (C=O) groups is 2. The number of rotatable bonds is 3. The van der Waals surface area contributed by atoms with Crippen molar-refractivity contribution in [2.75, 3.05) is 13.1 Å². The van der Waals surface area contributed by atoms with Crippen molar-refractivity contribution in [1.29, 1.82) is 0 Å². The highest BCUT2D eigenvalue weighted by Crippen LogP contribution is 2.16. The Kier molecular flexibility index (Phi) is 5.34. The summed E-state index contributed by atoms with van der Waals surface area (Å²) < 4.78 is 13.3. The second-order valence-corrected chi connectivity index (χ2v) is 6.50. The van der Waals surface area contributed by atoms with Gasteiger partial charge in [0.05, 0.1) is 0 Å². The van der Waals surface area contributed by atoms with E-state index in [1.54, 1.807) is 35.2 Å². The van der Waals surface area contributed by atoms with Gasteiger partial charge in [0.1, 0.15) is 5.82 Å². The monoisotopic (exact) mass is 360 g/mol. The third-order valence-corrected chi connectivity index (χ3v) is 4.51. The Morgan fingerprint density at radius 1 is 1.04 bits per heavy atom. The van der Waals surface area contributed by atoms with Gasteiger partial charge >= 0.3 is 0 Å². The third-order valence-electron chi connectivity index (χ3n) is 4.28. The zero-order valence-electron chi connectivity index (χ0n) is 13.5. The quantitative estimate of drug-likeness (QED) is 0.910. The first kappa shape index (κ1) is 17.4. The van der Waals surface area contributed by atoms with Gasteiger partial charge in [0.2, 0.25) is 0 Å². The molecule has 2 aromatic carbocycles. The molecule has 1 aliphatic heterocycles. The van der Waals surface area contributed by atoms with Crippen LogP contribution in [0.5, 0.6) is 0 Å². The Morgan fingerprint density at radius 3 is 2.40 bits per heavy atom. The van der Waals surface area contributed by atoms with Crippen molar-refractivity contribution >= 4 is 23.4 Å². The minimum atomic E-state index is -0.422. The average Bonchev–Trinajstić information content (AvgIpc) is 2.62. The van der Waals surface area contributed by atoms with Crippen LogP contribution in [0.15, 0.2) is 48.5 Å². The molecule has 1 aliphatic rings. The van der Waals surface area contributed by atoms with Crippen LogP contribution in [-0.4, -0.2) is 35.8 Å². The smallest absolute Gasteiger partial charge is 0.253 e. The second-order valence-electron chi connectivity index (χ2n) is 6.06. The van der Waals surface area contributed by atoms with Gasteiger partial charge < -0.3 is 10.2 Å². The molecule has 1 fully saturated rings. The van der Waals surface area contributed by atoms with E-state index in [2.05, 4.69) is 5.32 Å². The van der Waals surface area contributed by atoms with Crippen LogP contribution in [0.3, 0.4) is 0 Å². The Bertz CT molecular complexity index is 788. The molecule has 0 unspecified atom stereocenters. The van der Waals surface area contributed by atoms with Crippen LogP contribution < -0.4 is 5.32 Å².